The summed E-state index contributed by atoms with van der Waals surface area (Å²) in [5.74, 6) is 1.64. The van der Waals surface area contributed by atoms with Crippen molar-refractivity contribution in [3.8, 4) is 5.95 Å². The summed E-state index contributed by atoms with van der Waals surface area (Å²) in [6.07, 6.45) is 5.35. The van der Waals surface area contributed by atoms with E-state index in [1.54, 1.807) is 0 Å². The molecule has 3 heterocycles. The van der Waals surface area contributed by atoms with E-state index in [0.717, 1.165) is 19.5 Å². The summed E-state index contributed by atoms with van der Waals surface area (Å²) in [6.45, 7) is 4.12. The van der Waals surface area contributed by atoms with Crippen LogP contribution in [0.15, 0.2) is 12.7 Å². The Hall–Kier alpha value is -1.76. The Kier molecular flexibility index (Phi) is 3.29. The number of nitrogens with zero attached hydrogens (tertiary/aromatic N) is 7. The van der Waals surface area contributed by atoms with Crippen LogP contribution in [0, 0.1) is 5.92 Å². The second-order valence-electron chi connectivity index (χ2n) is 4.74. The minimum atomic E-state index is 0.175. The standard InChI is InChI=1S/C11H14ClN7/c1-8-3-2-4-18(5-8)10-15-9(12)16-11(17-10)19-7-13-6-14-19/h6-8H,2-5H2,1H3. The number of aromatic nitrogens is 6. The Morgan fingerprint density at radius 3 is 2.84 bits per heavy atom. The van der Waals surface area contributed by atoms with Crippen LogP contribution in [0.4, 0.5) is 5.95 Å². The molecule has 19 heavy (non-hydrogen) atoms. The number of halogens is 1. The van der Waals surface area contributed by atoms with Crippen molar-refractivity contribution in [2.24, 2.45) is 5.92 Å². The Morgan fingerprint density at radius 1 is 1.26 bits per heavy atom. The van der Waals surface area contributed by atoms with E-state index in [4.69, 9.17) is 11.6 Å². The highest BCUT2D eigenvalue weighted by Gasteiger charge is 2.20. The van der Waals surface area contributed by atoms with Gasteiger partial charge in [0.2, 0.25) is 11.2 Å². The predicted molar refractivity (Wildman–Crippen MR) is 70.4 cm³/mol. The van der Waals surface area contributed by atoms with Gasteiger partial charge in [-0.15, -0.1) is 0 Å². The van der Waals surface area contributed by atoms with Gasteiger partial charge in [-0.3, -0.25) is 0 Å². The van der Waals surface area contributed by atoms with Crippen LogP contribution >= 0.6 is 11.6 Å². The highest BCUT2D eigenvalue weighted by Crippen LogP contribution is 2.21. The van der Waals surface area contributed by atoms with Gasteiger partial charge in [0.05, 0.1) is 0 Å². The molecule has 2 aromatic heterocycles. The average molecular weight is 280 g/mol. The second kappa shape index (κ2) is 5.08. The van der Waals surface area contributed by atoms with Gasteiger partial charge < -0.3 is 4.90 Å². The average Bonchev–Trinajstić information content (AvgIpc) is 2.92. The Balaban J connectivity index is 1.93. The zero-order valence-corrected chi connectivity index (χ0v) is 11.3. The van der Waals surface area contributed by atoms with Gasteiger partial charge in [0, 0.05) is 13.1 Å². The molecule has 1 aliphatic rings. The highest BCUT2D eigenvalue weighted by atomic mass is 35.5. The summed E-state index contributed by atoms with van der Waals surface area (Å²) in [5.41, 5.74) is 0. The van der Waals surface area contributed by atoms with E-state index in [-0.39, 0.29) is 5.28 Å². The lowest BCUT2D eigenvalue weighted by molar-refractivity contribution is 0.441. The summed E-state index contributed by atoms with van der Waals surface area (Å²) in [6, 6.07) is 0. The maximum absolute atomic E-state index is 5.97. The monoisotopic (exact) mass is 279 g/mol. The Bertz CT molecular complexity index is 556. The fraction of sp³-hybridized carbons (Fsp3) is 0.545. The summed E-state index contributed by atoms with van der Waals surface area (Å²) in [5, 5.41) is 4.18. The minimum Gasteiger partial charge on any atom is -0.340 e. The number of piperidine rings is 1. The molecule has 1 unspecified atom stereocenters. The SMILES string of the molecule is CC1CCCN(c2nc(Cl)nc(-n3cncn3)n2)C1. The number of hydrogen-bond donors (Lipinski definition) is 0. The van der Waals surface area contributed by atoms with E-state index in [2.05, 4.69) is 36.9 Å². The highest BCUT2D eigenvalue weighted by molar-refractivity contribution is 6.28. The van der Waals surface area contributed by atoms with Crippen molar-refractivity contribution in [2.75, 3.05) is 18.0 Å². The molecule has 0 radical (unpaired) electrons. The number of rotatable bonds is 2. The van der Waals surface area contributed by atoms with Crippen LogP contribution in [0.5, 0.6) is 0 Å². The molecule has 1 atom stereocenters. The molecular formula is C11H14ClN7. The summed E-state index contributed by atoms with van der Waals surface area (Å²) in [7, 11) is 0. The molecule has 100 valence electrons. The van der Waals surface area contributed by atoms with Crippen LogP contribution in [-0.2, 0) is 0 Å². The molecule has 0 saturated carbocycles. The maximum Gasteiger partial charge on any atom is 0.258 e. The van der Waals surface area contributed by atoms with Gasteiger partial charge >= 0.3 is 0 Å². The van der Waals surface area contributed by atoms with Crippen LogP contribution in [-0.4, -0.2) is 42.8 Å². The fourth-order valence-electron chi connectivity index (χ4n) is 2.26. The smallest absolute Gasteiger partial charge is 0.258 e. The molecule has 2 aromatic rings. The summed E-state index contributed by atoms with van der Waals surface area (Å²) >= 11 is 5.97. The first kappa shape index (κ1) is 12.3. The third kappa shape index (κ3) is 2.65. The van der Waals surface area contributed by atoms with Gasteiger partial charge in [-0.2, -0.15) is 24.7 Å². The van der Waals surface area contributed by atoms with Gasteiger partial charge in [0.25, 0.3) is 5.95 Å². The Labute approximate surface area is 115 Å². The van der Waals surface area contributed by atoms with E-state index >= 15 is 0 Å². The third-order valence-electron chi connectivity index (χ3n) is 3.15. The molecule has 0 N–H and O–H groups in total. The first-order valence-electron chi connectivity index (χ1n) is 6.24. The van der Waals surface area contributed by atoms with Crippen molar-refractivity contribution in [3.63, 3.8) is 0 Å². The molecule has 1 saturated heterocycles. The zero-order valence-electron chi connectivity index (χ0n) is 10.6. The molecule has 8 heteroatoms. The van der Waals surface area contributed by atoms with Gasteiger partial charge in [0.1, 0.15) is 12.7 Å². The molecule has 0 aromatic carbocycles. The van der Waals surface area contributed by atoms with E-state index in [9.17, 15) is 0 Å². The first-order chi connectivity index (χ1) is 9.22. The predicted octanol–water partition coefficient (Wildman–Crippen LogP) is 1.34. The van der Waals surface area contributed by atoms with Crippen LogP contribution in [0.2, 0.25) is 5.28 Å². The number of hydrogen-bond acceptors (Lipinski definition) is 6. The lowest BCUT2D eigenvalue weighted by atomic mass is 10.0. The molecule has 0 bridgehead atoms. The van der Waals surface area contributed by atoms with Crippen molar-refractivity contribution in [3.05, 3.63) is 17.9 Å². The fourth-order valence-corrected chi connectivity index (χ4v) is 2.41. The normalized spacial score (nSPS) is 19.7. The van der Waals surface area contributed by atoms with Crippen molar-refractivity contribution >= 4 is 17.5 Å². The van der Waals surface area contributed by atoms with Crippen LogP contribution in [0.1, 0.15) is 19.8 Å². The zero-order chi connectivity index (χ0) is 13.2. The summed E-state index contributed by atoms with van der Waals surface area (Å²) in [4.78, 5) is 18.7. The molecule has 0 spiro atoms. The summed E-state index contributed by atoms with van der Waals surface area (Å²) < 4.78 is 1.48. The lowest BCUT2D eigenvalue weighted by Gasteiger charge is -2.30. The van der Waals surface area contributed by atoms with Crippen molar-refractivity contribution in [1.82, 2.24) is 29.7 Å². The molecule has 1 aliphatic heterocycles. The minimum absolute atomic E-state index is 0.175. The molecule has 3 rings (SSSR count). The van der Waals surface area contributed by atoms with Gasteiger partial charge in [-0.1, -0.05) is 6.92 Å². The van der Waals surface area contributed by atoms with Gasteiger partial charge in [0.15, 0.2) is 0 Å². The van der Waals surface area contributed by atoms with E-state index in [1.165, 1.54) is 23.8 Å². The van der Waals surface area contributed by atoms with Crippen LogP contribution < -0.4 is 4.90 Å². The first-order valence-corrected chi connectivity index (χ1v) is 6.61. The Morgan fingerprint density at radius 2 is 2.11 bits per heavy atom. The molecule has 7 nitrogen and oxygen atoms in total. The van der Waals surface area contributed by atoms with Crippen LogP contribution in [0.3, 0.4) is 0 Å². The topological polar surface area (TPSA) is 72.6 Å². The van der Waals surface area contributed by atoms with E-state index in [1.807, 2.05) is 0 Å². The molecule has 0 amide bonds. The molecule has 0 aliphatic carbocycles. The lowest BCUT2D eigenvalue weighted by Crippen LogP contribution is -2.35. The molecule has 1 fully saturated rings. The maximum atomic E-state index is 5.97. The van der Waals surface area contributed by atoms with Crippen molar-refractivity contribution in [1.29, 1.82) is 0 Å². The van der Waals surface area contributed by atoms with Crippen molar-refractivity contribution in [2.45, 2.75) is 19.8 Å². The van der Waals surface area contributed by atoms with E-state index in [0.29, 0.717) is 17.8 Å². The largest absolute Gasteiger partial charge is 0.340 e. The van der Waals surface area contributed by atoms with Gasteiger partial charge in [-0.25, -0.2) is 4.98 Å². The van der Waals surface area contributed by atoms with Crippen molar-refractivity contribution < 1.29 is 0 Å². The van der Waals surface area contributed by atoms with E-state index < -0.39 is 0 Å². The number of anilines is 1. The van der Waals surface area contributed by atoms with Gasteiger partial charge in [-0.05, 0) is 30.4 Å². The molecular weight excluding hydrogens is 266 g/mol. The third-order valence-corrected chi connectivity index (χ3v) is 3.32. The quantitative estimate of drug-likeness (QED) is 0.826. The van der Waals surface area contributed by atoms with Crippen LogP contribution in [0.25, 0.3) is 5.95 Å². The second-order valence-corrected chi connectivity index (χ2v) is 5.08.